The van der Waals surface area contributed by atoms with Crippen LogP contribution < -0.4 is 10.6 Å². The second-order valence-corrected chi connectivity index (χ2v) is 4.06. The van der Waals surface area contributed by atoms with Crippen molar-refractivity contribution in [2.24, 2.45) is 0 Å². The van der Waals surface area contributed by atoms with Crippen LogP contribution in [0.4, 0.5) is 4.79 Å². The molecule has 0 atom stereocenters. The van der Waals surface area contributed by atoms with Gasteiger partial charge in [-0.15, -0.1) is 0 Å². The molecule has 2 aliphatic rings. The van der Waals surface area contributed by atoms with Crippen molar-refractivity contribution in [3.63, 3.8) is 0 Å². The molecule has 1 aliphatic carbocycles. The van der Waals surface area contributed by atoms with Gasteiger partial charge < -0.3 is 15.7 Å². The average molecular weight is 199 g/mol. The highest BCUT2D eigenvalue weighted by Crippen LogP contribution is 2.25. The van der Waals surface area contributed by atoms with E-state index < -0.39 is 6.09 Å². The predicted octanol–water partition coefficient (Wildman–Crippen LogP) is -0.310. The Bertz CT molecular complexity index is 210. The van der Waals surface area contributed by atoms with Gasteiger partial charge in [-0.1, -0.05) is 0 Å². The fourth-order valence-corrected chi connectivity index (χ4v) is 2.23. The fourth-order valence-electron chi connectivity index (χ4n) is 2.23. The van der Waals surface area contributed by atoms with Crippen LogP contribution in [0.1, 0.15) is 12.8 Å². The molecule has 0 aromatic rings. The first-order valence-corrected chi connectivity index (χ1v) is 5.20. The van der Waals surface area contributed by atoms with Crippen LogP contribution in [-0.2, 0) is 0 Å². The number of hydrogen-bond acceptors (Lipinski definition) is 3. The number of amides is 1. The third kappa shape index (κ3) is 2.16. The highest BCUT2D eigenvalue weighted by molar-refractivity contribution is 5.65. The lowest BCUT2D eigenvalue weighted by Gasteiger charge is -2.44. The molecular formula is C9H17N3O2. The number of nitrogens with one attached hydrogen (secondary N) is 2. The largest absolute Gasteiger partial charge is 0.465 e. The number of rotatable bonds is 2. The van der Waals surface area contributed by atoms with Gasteiger partial charge in [0.15, 0.2) is 0 Å². The molecule has 2 fully saturated rings. The molecule has 80 valence electrons. The molecule has 1 saturated carbocycles. The SMILES string of the molecule is O=C(O)NC1CC(N2CCNCC2)C1. The molecule has 3 N–H and O–H groups in total. The number of hydrogen-bond donors (Lipinski definition) is 3. The van der Waals surface area contributed by atoms with E-state index in [2.05, 4.69) is 15.5 Å². The van der Waals surface area contributed by atoms with E-state index in [1.165, 1.54) is 0 Å². The lowest BCUT2D eigenvalue weighted by Crippen LogP contribution is -2.57. The van der Waals surface area contributed by atoms with Crippen LogP contribution in [0.25, 0.3) is 0 Å². The maximum atomic E-state index is 10.4. The summed E-state index contributed by atoms with van der Waals surface area (Å²) in [6.45, 7) is 4.33. The Balaban J connectivity index is 1.68. The molecule has 0 spiro atoms. The molecule has 5 heteroatoms. The van der Waals surface area contributed by atoms with Crippen molar-refractivity contribution in [2.75, 3.05) is 26.2 Å². The number of carbonyl (C=O) groups is 1. The number of nitrogens with zero attached hydrogens (tertiary/aromatic N) is 1. The van der Waals surface area contributed by atoms with E-state index in [4.69, 9.17) is 5.11 Å². The van der Waals surface area contributed by atoms with Crippen molar-refractivity contribution < 1.29 is 9.90 Å². The molecule has 1 saturated heterocycles. The minimum absolute atomic E-state index is 0.187. The van der Waals surface area contributed by atoms with Crippen LogP contribution in [0.3, 0.4) is 0 Å². The van der Waals surface area contributed by atoms with E-state index >= 15 is 0 Å². The molecule has 0 radical (unpaired) electrons. The standard InChI is InChI=1S/C9H17N3O2/c13-9(14)11-7-5-8(6-7)12-3-1-10-2-4-12/h7-8,10-11H,1-6H2,(H,13,14). The summed E-state index contributed by atoms with van der Waals surface area (Å²) < 4.78 is 0. The summed E-state index contributed by atoms with van der Waals surface area (Å²) in [7, 11) is 0. The molecule has 0 aromatic carbocycles. The van der Waals surface area contributed by atoms with E-state index in [0.717, 1.165) is 39.0 Å². The van der Waals surface area contributed by atoms with Gasteiger partial charge >= 0.3 is 6.09 Å². The molecule has 0 bridgehead atoms. The maximum Gasteiger partial charge on any atom is 0.404 e. The maximum absolute atomic E-state index is 10.4. The van der Waals surface area contributed by atoms with Gasteiger partial charge in [0, 0.05) is 38.3 Å². The summed E-state index contributed by atoms with van der Waals surface area (Å²) in [4.78, 5) is 12.8. The molecule has 14 heavy (non-hydrogen) atoms. The fraction of sp³-hybridized carbons (Fsp3) is 0.889. The summed E-state index contributed by atoms with van der Waals surface area (Å²) in [6.07, 6.45) is 1.06. The van der Waals surface area contributed by atoms with E-state index in [0.29, 0.717) is 6.04 Å². The van der Waals surface area contributed by atoms with Crippen LogP contribution in [0.5, 0.6) is 0 Å². The Morgan fingerprint density at radius 3 is 2.57 bits per heavy atom. The lowest BCUT2D eigenvalue weighted by atomic mass is 9.85. The van der Waals surface area contributed by atoms with Crippen molar-refractivity contribution in [3.8, 4) is 0 Å². The highest BCUT2D eigenvalue weighted by atomic mass is 16.4. The van der Waals surface area contributed by atoms with Gasteiger partial charge in [0.1, 0.15) is 0 Å². The summed E-state index contributed by atoms with van der Waals surface area (Å²) >= 11 is 0. The van der Waals surface area contributed by atoms with Crippen molar-refractivity contribution >= 4 is 6.09 Å². The van der Waals surface area contributed by atoms with Gasteiger partial charge in [0.05, 0.1) is 0 Å². The Labute approximate surface area is 83.5 Å². The number of carboxylic acid groups (broad SMARTS) is 1. The van der Waals surface area contributed by atoms with Crippen LogP contribution in [0, 0.1) is 0 Å². The molecule has 0 aromatic heterocycles. The molecule has 2 rings (SSSR count). The van der Waals surface area contributed by atoms with Gasteiger partial charge in [0.2, 0.25) is 0 Å². The molecule has 1 amide bonds. The van der Waals surface area contributed by atoms with Crippen molar-refractivity contribution in [1.29, 1.82) is 0 Å². The molecule has 1 heterocycles. The Morgan fingerprint density at radius 1 is 1.36 bits per heavy atom. The molecule has 1 aliphatic heterocycles. The summed E-state index contributed by atoms with van der Waals surface area (Å²) in [6, 6.07) is 0.793. The zero-order valence-corrected chi connectivity index (χ0v) is 8.20. The first-order chi connectivity index (χ1) is 6.75. The smallest absolute Gasteiger partial charge is 0.404 e. The van der Waals surface area contributed by atoms with Crippen LogP contribution in [0.15, 0.2) is 0 Å². The molecule has 5 nitrogen and oxygen atoms in total. The van der Waals surface area contributed by atoms with Crippen LogP contribution in [-0.4, -0.2) is 54.4 Å². The van der Waals surface area contributed by atoms with Crippen molar-refractivity contribution in [2.45, 2.75) is 24.9 Å². The monoisotopic (exact) mass is 199 g/mol. The minimum Gasteiger partial charge on any atom is -0.465 e. The Hall–Kier alpha value is -0.810. The van der Waals surface area contributed by atoms with Crippen molar-refractivity contribution in [1.82, 2.24) is 15.5 Å². The molecule has 0 unspecified atom stereocenters. The average Bonchev–Trinajstić information content (AvgIpc) is 2.12. The quantitative estimate of drug-likeness (QED) is 0.571. The van der Waals surface area contributed by atoms with Gasteiger partial charge in [-0.3, -0.25) is 4.90 Å². The summed E-state index contributed by atoms with van der Waals surface area (Å²) in [5.74, 6) is 0. The van der Waals surface area contributed by atoms with E-state index in [1.807, 2.05) is 0 Å². The van der Waals surface area contributed by atoms with E-state index in [-0.39, 0.29) is 6.04 Å². The minimum atomic E-state index is -0.895. The second kappa shape index (κ2) is 4.14. The topological polar surface area (TPSA) is 64.6 Å². The van der Waals surface area contributed by atoms with Crippen molar-refractivity contribution in [3.05, 3.63) is 0 Å². The Morgan fingerprint density at radius 2 is 2.00 bits per heavy atom. The Kier molecular flexibility index (Phi) is 2.88. The first kappa shape index (κ1) is 9.73. The highest BCUT2D eigenvalue weighted by Gasteiger charge is 2.34. The predicted molar refractivity (Wildman–Crippen MR) is 52.4 cm³/mol. The number of piperazine rings is 1. The third-order valence-electron chi connectivity index (χ3n) is 3.11. The molecular weight excluding hydrogens is 182 g/mol. The first-order valence-electron chi connectivity index (χ1n) is 5.20. The lowest BCUT2D eigenvalue weighted by molar-refractivity contribution is 0.0830. The summed E-state index contributed by atoms with van der Waals surface area (Å²) in [5, 5.41) is 14.3. The second-order valence-electron chi connectivity index (χ2n) is 4.06. The third-order valence-corrected chi connectivity index (χ3v) is 3.11. The van der Waals surface area contributed by atoms with Gasteiger partial charge in [-0.25, -0.2) is 4.79 Å². The summed E-state index contributed by atoms with van der Waals surface area (Å²) in [5.41, 5.74) is 0. The zero-order valence-electron chi connectivity index (χ0n) is 8.20. The van der Waals surface area contributed by atoms with Crippen LogP contribution >= 0.6 is 0 Å². The van der Waals surface area contributed by atoms with Gasteiger partial charge in [-0.2, -0.15) is 0 Å². The normalized spacial score (nSPS) is 33.4. The van der Waals surface area contributed by atoms with Gasteiger partial charge in [-0.05, 0) is 12.8 Å². The zero-order chi connectivity index (χ0) is 9.97. The van der Waals surface area contributed by atoms with Crippen LogP contribution in [0.2, 0.25) is 0 Å². The van der Waals surface area contributed by atoms with E-state index in [1.54, 1.807) is 0 Å². The van der Waals surface area contributed by atoms with Gasteiger partial charge in [0.25, 0.3) is 0 Å². The van der Waals surface area contributed by atoms with E-state index in [9.17, 15) is 4.79 Å².